The summed E-state index contributed by atoms with van der Waals surface area (Å²) in [6.07, 6.45) is 0. The Morgan fingerprint density at radius 2 is 1.46 bits per heavy atom. The molecule has 0 aliphatic rings. The number of rotatable bonds is 9. The van der Waals surface area contributed by atoms with Crippen LogP contribution in [0, 0.1) is 6.92 Å². The van der Waals surface area contributed by atoms with Crippen molar-refractivity contribution in [3.63, 3.8) is 0 Å². The molecule has 0 aromatic heterocycles. The molecule has 0 saturated heterocycles. The van der Waals surface area contributed by atoms with Gasteiger partial charge in [0.05, 0.1) is 48.2 Å². The van der Waals surface area contributed by atoms with Crippen LogP contribution in [0.3, 0.4) is 0 Å². The highest BCUT2D eigenvalue weighted by atomic mass is 35.5. The average molecular weight is 595 g/mol. The van der Waals surface area contributed by atoms with Crippen molar-refractivity contribution in [3.8, 4) is 5.75 Å². The zero-order valence-corrected chi connectivity index (χ0v) is 23.6. The monoisotopic (exact) mass is 594 g/mol. The van der Waals surface area contributed by atoms with Gasteiger partial charge in [-0.15, -0.1) is 0 Å². The summed E-state index contributed by atoms with van der Waals surface area (Å²) in [6, 6.07) is 12.5. The van der Waals surface area contributed by atoms with Crippen molar-refractivity contribution in [2.45, 2.75) is 11.8 Å². The third kappa shape index (κ3) is 6.80. The molecule has 0 spiro atoms. The van der Waals surface area contributed by atoms with Crippen molar-refractivity contribution >= 4 is 62.4 Å². The minimum absolute atomic E-state index is 0.0305. The number of amides is 1. The number of nitrogens with zero attached hydrogens (tertiary/aromatic N) is 1. The van der Waals surface area contributed by atoms with Crippen LogP contribution in [-0.2, 0) is 24.3 Å². The van der Waals surface area contributed by atoms with Gasteiger partial charge in [0.25, 0.3) is 10.0 Å². The number of halogens is 2. The fraction of sp³-hybridized carbons (Fsp3) is 0.192. The van der Waals surface area contributed by atoms with Gasteiger partial charge in [0.1, 0.15) is 17.2 Å². The number of carbonyl (C=O) groups excluding carboxylic acids is 3. The van der Waals surface area contributed by atoms with Gasteiger partial charge in [-0.1, -0.05) is 29.3 Å². The van der Waals surface area contributed by atoms with Crippen LogP contribution in [0.4, 0.5) is 11.4 Å². The summed E-state index contributed by atoms with van der Waals surface area (Å²) >= 11 is 12.2. The van der Waals surface area contributed by atoms with Crippen molar-refractivity contribution in [1.82, 2.24) is 0 Å². The van der Waals surface area contributed by atoms with E-state index in [1.165, 1.54) is 55.6 Å². The van der Waals surface area contributed by atoms with Gasteiger partial charge < -0.3 is 19.5 Å². The maximum absolute atomic E-state index is 13.9. The van der Waals surface area contributed by atoms with Crippen LogP contribution in [0.1, 0.15) is 26.3 Å². The van der Waals surface area contributed by atoms with E-state index < -0.39 is 34.4 Å². The van der Waals surface area contributed by atoms with Crippen molar-refractivity contribution in [2.75, 3.05) is 37.5 Å². The summed E-state index contributed by atoms with van der Waals surface area (Å²) < 4.78 is 43.3. The Kier molecular flexibility index (Phi) is 9.44. The lowest BCUT2D eigenvalue weighted by molar-refractivity contribution is -0.114. The smallest absolute Gasteiger partial charge is 0.337 e. The molecule has 1 amide bonds. The number of esters is 2. The number of carbonyl (C=O) groups is 3. The van der Waals surface area contributed by atoms with Gasteiger partial charge in [0.15, 0.2) is 0 Å². The number of benzene rings is 3. The number of nitrogens with one attached hydrogen (secondary N) is 1. The number of methoxy groups -OCH3 is 3. The van der Waals surface area contributed by atoms with Crippen molar-refractivity contribution in [2.24, 2.45) is 0 Å². The second-order valence-corrected chi connectivity index (χ2v) is 10.7. The Labute approximate surface area is 235 Å². The molecule has 206 valence electrons. The van der Waals surface area contributed by atoms with Gasteiger partial charge in [-0.25, -0.2) is 18.0 Å². The Balaban J connectivity index is 2.06. The minimum Gasteiger partial charge on any atom is -0.495 e. The summed E-state index contributed by atoms with van der Waals surface area (Å²) in [6.45, 7) is 0.995. The Hall–Kier alpha value is -3.80. The van der Waals surface area contributed by atoms with E-state index in [9.17, 15) is 22.8 Å². The molecule has 13 heteroatoms. The minimum atomic E-state index is -4.39. The molecule has 0 unspecified atom stereocenters. The molecule has 0 aliphatic heterocycles. The molecule has 39 heavy (non-hydrogen) atoms. The molecular formula is C26H24Cl2N2O8S. The predicted octanol–water partition coefficient (Wildman–Crippen LogP) is 4.72. The number of aryl methyl sites for hydroxylation is 1. The van der Waals surface area contributed by atoms with Crippen LogP contribution in [0.25, 0.3) is 0 Å². The predicted molar refractivity (Wildman–Crippen MR) is 146 cm³/mol. The summed E-state index contributed by atoms with van der Waals surface area (Å²) in [7, 11) is -0.748. The highest BCUT2D eigenvalue weighted by Gasteiger charge is 2.31. The summed E-state index contributed by atoms with van der Waals surface area (Å²) in [5.74, 6) is -2.25. The number of hydrogen-bond donors (Lipinski definition) is 1. The first-order valence-corrected chi connectivity index (χ1v) is 13.3. The zero-order valence-electron chi connectivity index (χ0n) is 21.3. The van der Waals surface area contributed by atoms with Gasteiger partial charge in [-0.3, -0.25) is 9.10 Å². The molecule has 0 atom stereocenters. The highest BCUT2D eigenvalue weighted by molar-refractivity contribution is 7.93. The highest BCUT2D eigenvalue weighted by Crippen LogP contribution is 2.34. The summed E-state index contributed by atoms with van der Waals surface area (Å²) in [5.41, 5.74) is 0.663. The van der Waals surface area contributed by atoms with Crippen LogP contribution >= 0.6 is 23.2 Å². The van der Waals surface area contributed by atoms with Crippen molar-refractivity contribution in [3.05, 3.63) is 81.3 Å². The van der Waals surface area contributed by atoms with E-state index in [1.54, 1.807) is 13.0 Å². The molecule has 0 aliphatic carbocycles. The molecular weight excluding hydrogens is 571 g/mol. The van der Waals surface area contributed by atoms with E-state index in [0.29, 0.717) is 5.56 Å². The first kappa shape index (κ1) is 29.8. The van der Waals surface area contributed by atoms with E-state index in [4.69, 9.17) is 37.4 Å². The molecule has 3 aromatic rings. The van der Waals surface area contributed by atoms with Gasteiger partial charge in [-0.2, -0.15) is 0 Å². The lowest BCUT2D eigenvalue weighted by Gasteiger charge is -2.25. The van der Waals surface area contributed by atoms with Crippen LogP contribution in [0.5, 0.6) is 5.75 Å². The maximum atomic E-state index is 13.9. The zero-order chi connectivity index (χ0) is 28.9. The Bertz CT molecular complexity index is 1510. The first-order valence-electron chi connectivity index (χ1n) is 11.1. The van der Waals surface area contributed by atoms with Crippen molar-refractivity contribution in [1.29, 1.82) is 0 Å². The van der Waals surface area contributed by atoms with Gasteiger partial charge in [-0.05, 0) is 61.0 Å². The number of anilines is 2. The lowest BCUT2D eigenvalue weighted by Crippen LogP contribution is -2.38. The molecule has 1 N–H and O–H groups in total. The van der Waals surface area contributed by atoms with Gasteiger partial charge >= 0.3 is 11.9 Å². The normalized spacial score (nSPS) is 10.9. The molecule has 0 bridgehead atoms. The van der Waals surface area contributed by atoms with Crippen LogP contribution in [0.2, 0.25) is 10.0 Å². The second kappa shape index (κ2) is 12.4. The second-order valence-electron chi connectivity index (χ2n) is 8.09. The van der Waals surface area contributed by atoms with E-state index in [1.807, 2.05) is 0 Å². The summed E-state index contributed by atoms with van der Waals surface area (Å²) in [5, 5.41) is 2.77. The third-order valence-corrected chi connectivity index (χ3v) is 7.96. The van der Waals surface area contributed by atoms with Crippen LogP contribution < -0.4 is 14.4 Å². The topological polar surface area (TPSA) is 128 Å². The van der Waals surface area contributed by atoms with E-state index in [2.05, 4.69) is 5.32 Å². The molecule has 10 nitrogen and oxygen atoms in total. The largest absolute Gasteiger partial charge is 0.495 e. The molecule has 3 rings (SSSR count). The molecule has 0 heterocycles. The average Bonchev–Trinajstić information content (AvgIpc) is 2.92. The number of sulfonamides is 1. The van der Waals surface area contributed by atoms with Crippen molar-refractivity contribution < 1.29 is 37.0 Å². The fourth-order valence-corrected chi connectivity index (χ4v) is 5.51. The molecule has 0 saturated carbocycles. The molecule has 0 fully saturated rings. The van der Waals surface area contributed by atoms with Crippen LogP contribution in [0.15, 0.2) is 59.5 Å². The van der Waals surface area contributed by atoms with Gasteiger partial charge in [0, 0.05) is 5.69 Å². The third-order valence-electron chi connectivity index (χ3n) is 5.42. The SMILES string of the molecule is COC(=O)c1cc(NC(=O)CN(c2ccc(Cl)c(Cl)c2)S(=O)(=O)c2cc(C)ccc2OC)cc(C(=O)OC)c1. The fourth-order valence-electron chi connectivity index (χ4n) is 3.56. The standard InChI is InChI=1S/C26H24Cl2N2O8S/c1-15-5-8-22(36-2)23(9-15)39(34,35)30(19-6-7-20(27)21(28)13-19)14-24(31)29-18-11-16(25(32)37-3)10-17(12-18)26(33)38-4/h5-13H,14H2,1-4H3,(H,29,31). The number of ether oxygens (including phenoxy) is 3. The van der Waals surface area contributed by atoms with E-state index in [0.717, 1.165) is 18.5 Å². The lowest BCUT2D eigenvalue weighted by atomic mass is 10.1. The Morgan fingerprint density at radius 1 is 0.846 bits per heavy atom. The van der Waals surface area contributed by atoms with E-state index in [-0.39, 0.29) is 43.2 Å². The maximum Gasteiger partial charge on any atom is 0.337 e. The number of hydrogen-bond acceptors (Lipinski definition) is 8. The quantitative estimate of drug-likeness (QED) is 0.352. The van der Waals surface area contributed by atoms with Gasteiger partial charge in [0.2, 0.25) is 5.91 Å². The first-order chi connectivity index (χ1) is 18.4. The van der Waals surface area contributed by atoms with Crippen LogP contribution in [-0.4, -0.2) is 54.1 Å². The van der Waals surface area contributed by atoms with E-state index >= 15 is 0 Å². The Morgan fingerprint density at radius 3 is 2.00 bits per heavy atom. The summed E-state index contributed by atoms with van der Waals surface area (Å²) in [4.78, 5) is 37.2. The molecule has 0 radical (unpaired) electrons. The molecule has 3 aromatic carbocycles.